The number of ether oxygens (including phenoxy) is 2. The fraction of sp³-hybridized carbons (Fsp3) is 0.125. The Morgan fingerprint density at radius 2 is 1.77 bits per heavy atom. The van der Waals surface area contributed by atoms with Crippen molar-refractivity contribution in [3.05, 3.63) is 87.9 Å². The summed E-state index contributed by atoms with van der Waals surface area (Å²) < 4.78 is 38.2. The number of amides is 1. The molecule has 0 aromatic heterocycles. The van der Waals surface area contributed by atoms with Crippen LogP contribution in [-0.4, -0.2) is 40.2 Å². The van der Waals surface area contributed by atoms with Crippen molar-refractivity contribution in [1.82, 2.24) is 10.1 Å². The molecule has 2 N–H and O–H groups in total. The zero-order chi connectivity index (χ0) is 25.4. The number of esters is 1. The summed E-state index contributed by atoms with van der Waals surface area (Å²) in [5.74, 6) is -0.700. The van der Waals surface area contributed by atoms with E-state index in [1.54, 1.807) is 48.5 Å². The maximum atomic E-state index is 12.4. The van der Waals surface area contributed by atoms with Gasteiger partial charge >= 0.3 is 5.97 Å². The van der Waals surface area contributed by atoms with Crippen LogP contribution < -0.4 is 19.6 Å². The van der Waals surface area contributed by atoms with E-state index in [2.05, 4.69) is 31.2 Å². The third kappa shape index (κ3) is 7.47. The smallest absolute Gasteiger partial charge is 0.343 e. The van der Waals surface area contributed by atoms with Crippen LogP contribution in [0.1, 0.15) is 21.5 Å². The van der Waals surface area contributed by atoms with E-state index in [9.17, 15) is 18.0 Å². The van der Waals surface area contributed by atoms with Crippen molar-refractivity contribution in [2.45, 2.75) is 11.8 Å². The molecule has 0 aliphatic rings. The molecule has 0 aliphatic heterocycles. The third-order valence-corrected chi connectivity index (χ3v) is 6.52. The van der Waals surface area contributed by atoms with Crippen LogP contribution in [-0.2, 0) is 14.8 Å². The first-order chi connectivity index (χ1) is 16.7. The van der Waals surface area contributed by atoms with E-state index in [1.807, 2.05) is 6.92 Å². The van der Waals surface area contributed by atoms with Gasteiger partial charge in [0.25, 0.3) is 5.91 Å². The van der Waals surface area contributed by atoms with Crippen molar-refractivity contribution >= 4 is 44.0 Å². The second kappa shape index (κ2) is 11.7. The number of hydrogen-bond donors (Lipinski definition) is 2. The summed E-state index contributed by atoms with van der Waals surface area (Å²) >= 11 is 3.31. The topological polar surface area (TPSA) is 123 Å². The van der Waals surface area contributed by atoms with Gasteiger partial charge in [-0.1, -0.05) is 39.7 Å². The molecule has 3 rings (SSSR count). The van der Waals surface area contributed by atoms with Gasteiger partial charge in [-0.15, -0.1) is 0 Å². The van der Waals surface area contributed by atoms with E-state index in [0.717, 1.165) is 10.0 Å². The predicted molar refractivity (Wildman–Crippen MR) is 134 cm³/mol. The van der Waals surface area contributed by atoms with E-state index in [4.69, 9.17) is 9.47 Å². The minimum Gasteiger partial charge on any atom is -0.493 e. The Morgan fingerprint density at radius 3 is 2.46 bits per heavy atom. The summed E-state index contributed by atoms with van der Waals surface area (Å²) in [5, 5.41) is 3.82. The summed E-state index contributed by atoms with van der Waals surface area (Å²) in [4.78, 5) is 24.4. The number of methoxy groups -OCH3 is 1. The lowest BCUT2D eigenvalue weighted by atomic mass is 10.2. The number of benzene rings is 3. The number of nitrogens with zero attached hydrogens (tertiary/aromatic N) is 1. The predicted octanol–water partition coefficient (Wildman–Crippen LogP) is 3.41. The summed E-state index contributed by atoms with van der Waals surface area (Å²) in [7, 11) is -2.39. The molecular weight excluding hydrogens is 538 g/mol. The summed E-state index contributed by atoms with van der Waals surface area (Å²) in [5.41, 5.74) is 4.08. The average molecular weight is 560 g/mol. The fourth-order valence-corrected chi connectivity index (χ4v) is 4.18. The Kier molecular flexibility index (Phi) is 8.74. The van der Waals surface area contributed by atoms with Crippen molar-refractivity contribution in [1.29, 1.82) is 0 Å². The number of carbonyl (C=O) groups excluding carboxylic acids is 2. The molecule has 182 valence electrons. The van der Waals surface area contributed by atoms with Crippen LogP contribution in [0.5, 0.6) is 11.5 Å². The molecule has 0 spiro atoms. The maximum absolute atomic E-state index is 12.4. The number of hydrazone groups is 1. The molecule has 1 amide bonds. The highest BCUT2D eigenvalue weighted by Crippen LogP contribution is 2.28. The molecule has 0 fully saturated rings. The van der Waals surface area contributed by atoms with Gasteiger partial charge in [0.2, 0.25) is 10.0 Å². The molecule has 0 atom stereocenters. The number of sulfonamides is 1. The summed E-state index contributed by atoms with van der Waals surface area (Å²) in [6.07, 6.45) is 1.34. The van der Waals surface area contributed by atoms with Crippen LogP contribution in [0.3, 0.4) is 0 Å². The Bertz CT molecular complexity index is 1360. The average Bonchev–Trinajstić information content (AvgIpc) is 2.84. The molecule has 0 aliphatic carbocycles. The van der Waals surface area contributed by atoms with E-state index in [0.29, 0.717) is 11.1 Å². The van der Waals surface area contributed by atoms with Gasteiger partial charge in [0.1, 0.15) is 0 Å². The first kappa shape index (κ1) is 26.1. The van der Waals surface area contributed by atoms with Gasteiger partial charge in [-0.3, -0.25) is 4.79 Å². The quantitative estimate of drug-likeness (QED) is 0.179. The van der Waals surface area contributed by atoms with Crippen LogP contribution in [0, 0.1) is 6.92 Å². The zero-order valence-electron chi connectivity index (χ0n) is 18.8. The highest BCUT2D eigenvalue weighted by molar-refractivity contribution is 9.10. The van der Waals surface area contributed by atoms with Crippen LogP contribution in [0.25, 0.3) is 0 Å². The number of carbonyl (C=O) groups is 2. The van der Waals surface area contributed by atoms with Gasteiger partial charge in [-0.25, -0.2) is 23.4 Å². The molecule has 0 saturated heterocycles. The first-order valence-corrected chi connectivity index (χ1v) is 12.5. The zero-order valence-corrected chi connectivity index (χ0v) is 21.2. The number of rotatable bonds is 9. The minimum atomic E-state index is -3.82. The summed E-state index contributed by atoms with van der Waals surface area (Å²) in [6.45, 7) is 1.36. The lowest BCUT2D eigenvalue weighted by molar-refractivity contribution is -0.119. The van der Waals surface area contributed by atoms with E-state index < -0.39 is 28.4 Å². The van der Waals surface area contributed by atoms with Crippen molar-refractivity contribution < 1.29 is 27.5 Å². The molecule has 0 radical (unpaired) electrons. The van der Waals surface area contributed by atoms with Crippen molar-refractivity contribution in [3.63, 3.8) is 0 Å². The van der Waals surface area contributed by atoms with Gasteiger partial charge in [0.15, 0.2) is 11.5 Å². The molecule has 35 heavy (non-hydrogen) atoms. The molecule has 3 aromatic carbocycles. The number of hydrogen-bond acceptors (Lipinski definition) is 7. The highest BCUT2D eigenvalue weighted by Gasteiger charge is 2.15. The normalized spacial score (nSPS) is 11.3. The van der Waals surface area contributed by atoms with Gasteiger partial charge in [0, 0.05) is 4.47 Å². The Labute approximate surface area is 211 Å². The van der Waals surface area contributed by atoms with Gasteiger partial charge in [0.05, 0.1) is 30.3 Å². The molecule has 9 nitrogen and oxygen atoms in total. The Balaban J connectivity index is 1.57. The molecule has 0 heterocycles. The lowest BCUT2D eigenvalue weighted by Crippen LogP contribution is -2.34. The minimum absolute atomic E-state index is 0.0622. The van der Waals surface area contributed by atoms with Crippen LogP contribution in [0.4, 0.5) is 0 Å². The van der Waals surface area contributed by atoms with Crippen molar-refractivity contribution in [2.24, 2.45) is 5.10 Å². The molecular formula is C24H22BrN3O6S. The Hall–Kier alpha value is -3.54. The number of aryl methyl sites for hydroxylation is 1. The van der Waals surface area contributed by atoms with Crippen LogP contribution in [0.15, 0.2) is 81.2 Å². The Morgan fingerprint density at radius 1 is 1.03 bits per heavy atom. The largest absolute Gasteiger partial charge is 0.493 e. The molecule has 0 unspecified atom stereocenters. The summed E-state index contributed by atoms with van der Waals surface area (Å²) in [6, 6.07) is 17.8. The number of nitrogens with one attached hydrogen (secondary N) is 2. The third-order valence-electron chi connectivity index (χ3n) is 4.61. The second-order valence-corrected chi connectivity index (χ2v) is 9.92. The van der Waals surface area contributed by atoms with Crippen molar-refractivity contribution in [3.8, 4) is 11.5 Å². The second-order valence-electron chi connectivity index (χ2n) is 7.24. The molecule has 3 aromatic rings. The van der Waals surface area contributed by atoms with Gasteiger partial charge in [-0.05, 0) is 61.0 Å². The fourth-order valence-electron chi connectivity index (χ4n) is 2.80. The molecule has 11 heteroatoms. The van der Waals surface area contributed by atoms with E-state index in [-0.39, 0.29) is 16.4 Å². The lowest BCUT2D eigenvalue weighted by Gasteiger charge is -2.10. The first-order valence-electron chi connectivity index (χ1n) is 10.2. The molecule has 0 bridgehead atoms. The van der Waals surface area contributed by atoms with E-state index >= 15 is 0 Å². The SMILES string of the molecule is COc1cc(/C=N\NC(=O)CNS(=O)(=O)c2ccc(C)cc2)ccc1OC(=O)c1cccc(Br)c1. The highest BCUT2D eigenvalue weighted by atomic mass is 79.9. The van der Waals surface area contributed by atoms with Crippen LogP contribution >= 0.6 is 15.9 Å². The van der Waals surface area contributed by atoms with E-state index in [1.165, 1.54) is 31.5 Å². The van der Waals surface area contributed by atoms with Crippen LogP contribution in [0.2, 0.25) is 0 Å². The molecule has 0 saturated carbocycles. The number of halogens is 1. The van der Waals surface area contributed by atoms with Gasteiger partial charge in [-0.2, -0.15) is 5.10 Å². The van der Waals surface area contributed by atoms with Crippen molar-refractivity contribution in [2.75, 3.05) is 13.7 Å². The maximum Gasteiger partial charge on any atom is 0.343 e. The van der Waals surface area contributed by atoms with Gasteiger partial charge < -0.3 is 9.47 Å². The standard InChI is InChI=1S/C24H22BrN3O6S/c1-16-6-9-20(10-7-16)35(31,32)27-15-23(29)28-26-14-17-8-11-21(22(12-17)33-2)34-24(30)18-4-3-5-19(25)13-18/h3-14,27H,15H2,1-2H3,(H,28,29)/b26-14-. The monoisotopic (exact) mass is 559 g/mol.